The fraction of sp³-hybridized carbons (Fsp3) is 0.222. The van der Waals surface area contributed by atoms with Crippen LogP contribution < -0.4 is 16.2 Å². The first-order valence-electron chi connectivity index (χ1n) is 7.59. The minimum atomic E-state index is -0.0923. The number of carbonyl (C=O) groups excluding carboxylic acids is 1. The fourth-order valence-electron chi connectivity index (χ4n) is 2.15. The summed E-state index contributed by atoms with van der Waals surface area (Å²) in [4.78, 5) is 11.8. The summed E-state index contributed by atoms with van der Waals surface area (Å²) in [6, 6.07) is 20.0. The van der Waals surface area contributed by atoms with Crippen LogP contribution in [0.1, 0.15) is 30.5 Å². The van der Waals surface area contributed by atoms with Crippen LogP contribution in [0.4, 0.5) is 0 Å². The predicted octanol–water partition coefficient (Wildman–Crippen LogP) is 2.88. The number of rotatable bonds is 5. The van der Waals surface area contributed by atoms with E-state index in [0.29, 0.717) is 18.0 Å². The molecule has 3 N–H and O–H groups in total. The minimum Gasteiger partial charge on any atom is -0.355 e. The molecular formula is C18H21N3OS. The molecule has 5 heteroatoms. The average molecular weight is 327 g/mol. The first-order chi connectivity index (χ1) is 11.1. The van der Waals surface area contributed by atoms with Gasteiger partial charge in [0.1, 0.15) is 0 Å². The van der Waals surface area contributed by atoms with Crippen molar-refractivity contribution in [3.8, 4) is 0 Å². The second-order valence-corrected chi connectivity index (χ2v) is 5.67. The van der Waals surface area contributed by atoms with Crippen LogP contribution >= 0.6 is 12.2 Å². The van der Waals surface area contributed by atoms with Crippen molar-refractivity contribution < 1.29 is 4.79 Å². The summed E-state index contributed by atoms with van der Waals surface area (Å²) in [5.74, 6) is -0.0923. The van der Waals surface area contributed by atoms with Gasteiger partial charge < -0.3 is 5.32 Å². The van der Waals surface area contributed by atoms with Gasteiger partial charge in [-0.3, -0.25) is 15.6 Å². The molecule has 0 saturated heterocycles. The third kappa shape index (κ3) is 6.08. The molecular weight excluding hydrogens is 306 g/mol. The SMILES string of the molecule is C[C@@H](NC(=S)NNC(=O)CCc1ccccc1)c1ccccc1. The Morgan fingerprint density at radius 3 is 2.26 bits per heavy atom. The lowest BCUT2D eigenvalue weighted by atomic mass is 10.1. The predicted molar refractivity (Wildman–Crippen MR) is 96.6 cm³/mol. The van der Waals surface area contributed by atoms with Crippen molar-refractivity contribution in [3.63, 3.8) is 0 Å². The zero-order valence-corrected chi connectivity index (χ0v) is 13.9. The Morgan fingerprint density at radius 2 is 1.61 bits per heavy atom. The molecule has 1 atom stereocenters. The van der Waals surface area contributed by atoms with Gasteiger partial charge in [-0.1, -0.05) is 60.7 Å². The van der Waals surface area contributed by atoms with Crippen LogP contribution in [0.2, 0.25) is 0 Å². The molecule has 0 spiro atoms. The van der Waals surface area contributed by atoms with Gasteiger partial charge in [0.05, 0.1) is 6.04 Å². The number of hydrogen-bond acceptors (Lipinski definition) is 2. The number of carbonyl (C=O) groups is 1. The van der Waals surface area contributed by atoms with Crippen LogP contribution in [0.25, 0.3) is 0 Å². The van der Waals surface area contributed by atoms with Gasteiger partial charge in [0.25, 0.3) is 0 Å². The fourth-order valence-corrected chi connectivity index (χ4v) is 2.38. The Hall–Kier alpha value is -2.40. The molecule has 120 valence electrons. The Morgan fingerprint density at radius 1 is 1.00 bits per heavy atom. The molecule has 0 aliphatic heterocycles. The van der Waals surface area contributed by atoms with Crippen LogP contribution in [0.3, 0.4) is 0 Å². The highest BCUT2D eigenvalue weighted by molar-refractivity contribution is 7.80. The quantitative estimate of drug-likeness (QED) is 0.584. The number of hydrazine groups is 1. The van der Waals surface area contributed by atoms with Gasteiger partial charge in [0.2, 0.25) is 5.91 Å². The zero-order chi connectivity index (χ0) is 16.5. The van der Waals surface area contributed by atoms with Crippen LogP contribution in [-0.2, 0) is 11.2 Å². The second kappa shape index (κ2) is 8.90. The largest absolute Gasteiger partial charge is 0.355 e. The molecule has 0 aliphatic carbocycles. The van der Waals surface area contributed by atoms with Gasteiger partial charge in [-0.05, 0) is 36.7 Å². The number of hydrogen-bond donors (Lipinski definition) is 3. The zero-order valence-electron chi connectivity index (χ0n) is 13.1. The summed E-state index contributed by atoms with van der Waals surface area (Å²) >= 11 is 5.19. The minimum absolute atomic E-state index is 0.0671. The topological polar surface area (TPSA) is 53.2 Å². The molecule has 0 bridgehead atoms. The third-order valence-corrected chi connectivity index (χ3v) is 3.67. The van der Waals surface area contributed by atoms with E-state index in [2.05, 4.69) is 16.2 Å². The standard InChI is InChI=1S/C18H21N3OS/c1-14(16-10-6-3-7-11-16)19-18(23)21-20-17(22)13-12-15-8-4-2-5-9-15/h2-11,14H,12-13H2,1H3,(H,20,22)(H2,19,21,23)/t14-/m1/s1. The number of amides is 1. The summed E-state index contributed by atoms with van der Waals surface area (Å²) in [5.41, 5.74) is 7.63. The van der Waals surface area contributed by atoms with Crippen molar-refractivity contribution in [1.82, 2.24) is 16.2 Å². The summed E-state index contributed by atoms with van der Waals surface area (Å²) in [5, 5.41) is 3.53. The molecule has 0 unspecified atom stereocenters. The van der Waals surface area contributed by atoms with Gasteiger partial charge in [-0.2, -0.15) is 0 Å². The molecule has 2 aromatic rings. The number of aryl methyl sites for hydroxylation is 1. The van der Waals surface area contributed by atoms with Crippen molar-refractivity contribution in [2.75, 3.05) is 0 Å². The van der Waals surface area contributed by atoms with Gasteiger partial charge in [0.15, 0.2) is 5.11 Å². The van der Waals surface area contributed by atoms with Gasteiger partial charge >= 0.3 is 0 Å². The summed E-state index contributed by atoms with van der Waals surface area (Å²) < 4.78 is 0. The van der Waals surface area contributed by atoms with Gasteiger partial charge in [-0.25, -0.2) is 0 Å². The van der Waals surface area contributed by atoms with Crippen molar-refractivity contribution in [1.29, 1.82) is 0 Å². The molecule has 2 aromatic carbocycles. The van der Waals surface area contributed by atoms with E-state index in [1.807, 2.05) is 67.6 Å². The summed E-state index contributed by atoms with van der Waals surface area (Å²) in [7, 11) is 0. The maximum Gasteiger partial charge on any atom is 0.238 e. The highest BCUT2D eigenvalue weighted by atomic mass is 32.1. The van der Waals surface area contributed by atoms with E-state index in [4.69, 9.17) is 12.2 Å². The number of benzene rings is 2. The molecule has 0 heterocycles. The molecule has 0 aliphatic rings. The monoisotopic (exact) mass is 327 g/mol. The summed E-state index contributed by atoms with van der Waals surface area (Å²) in [6.45, 7) is 2.01. The van der Waals surface area contributed by atoms with E-state index in [-0.39, 0.29) is 11.9 Å². The van der Waals surface area contributed by atoms with Gasteiger partial charge in [-0.15, -0.1) is 0 Å². The molecule has 0 saturated carbocycles. The van der Waals surface area contributed by atoms with E-state index in [0.717, 1.165) is 11.1 Å². The van der Waals surface area contributed by atoms with E-state index in [1.165, 1.54) is 0 Å². The first-order valence-corrected chi connectivity index (χ1v) is 8.00. The molecule has 2 rings (SSSR count). The van der Waals surface area contributed by atoms with Crippen molar-refractivity contribution in [2.45, 2.75) is 25.8 Å². The normalized spacial score (nSPS) is 11.3. The Balaban J connectivity index is 1.68. The molecule has 1 amide bonds. The van der Waals surface area contributed by atoms with Crippen molar-refractivity contribution in [3.05, 3.63) is 71.8 Å². The summed E-state index contributed by atoms with van der Waals surface area (Å²) in [6.07, 6.45) is 1.11. The van der Waals surface area contributed by atoms with E-state index < -0.39 is 0 Å². The highest BCUT2D eigenvalue weighted by Crippen LogP contribution is 2.10. The van der Waals surface area contributed by atoms with Crippen molar-refractivity contribution >= 4 is 23.2 Å². The molecule has 0 radical (unpaired) electrons. The molecule has 0 aromatic heterocycles. The average Bonchev–Trinajstić information content (AvgIpc) is 2.60. The lowest BCUT2D eigenvalue weighted by molar-refractivity contribution is -0.121. The Kier molecular flexibility index (Phi) is 6.56. The lowest BCUT2D eigenvalue weighted by Gasteiger charge is -2.17. The second-order valence-electron chi connectivity index (χ2n) is 5.26. The van der Waals surface area contributed by atoms with Crippen LogP contribution in [0.5, 0.6) is 0 Å². The maximum absolute atomic E-state index is 11.8. The Labute approximate surface area is 142 Å². The highest BCUT2D eigenvalue weighted by Gasteiger charge is 2.07. The van der Waals surface area contributed by atoms with Crippen LogP contribution in [0.15, 0.2) is 60.7 Å². The Bertz CT molecular complexity index is 631. The van der Waals surface area contributed by atoms with Crippen LogP contribution in [0, 0.1) is 0 Å². The van der Waals surface area contributed by atoms with Crippen LogP contribution in [-0.4, -0.2) is 11.0 Å². The smallest absolute Gasteiger partial charge is 0.238 e. The molecule has 23 heavy (non-hydrogen) atoms. The van der Waals surface area contributed by atoms with Crippen molar-refractivity contribution in [2.24, 2.45) is 0 Å². The van der Waals surface area contributed by atoms with Gasteiger partial charge in [0, 0.05) is 6.42 Å². The molecule has 4 nitrogen and oxygen atoms in total. The molecule has 0 fully saturated rings. The number of thiocarbonyl (C=S) groups is 1. The van der Waals surface area contributed by atoms with E-state index >= 15 is 0 Å². The third-order valence-electron chi connectivity index (χ3n) is 3.45. The van der Waals surface area contributed by atoms with E-state index in [9.17, 15) is 4.79 Å². The maximum atomic E-state index is 11.8. The lowest BCUT2D eigenvalue weighted by Crippen LogP contribution is -2.47. The first kappa shape index (κ1) is 17.0. The van der Waals surface area contributed by atoms with E-state index in [1.54, 1.807) is 0 Å². The number of nitrogens with one attached hydrogen (secondary N) is 3.